The Morgan fingerprint density at radius 2 is 1.36 bits per heavy atom. The second-order valence-electron chi connectivity index (χ2n) is 12.3. The van der Waals surface area contributed by atoms with E-state index in [0.717, 1.165) is 0 Å². The minimum absolute atomic E-state index is 0.0124. The molecule has 0 amide bonds. The number of rotatable bonds is 9. The van der Waals surface area contributed by atoms with E-state index in [2.05, 4.69) is 10.1 Å². The molecule has 6 nitrogen and oxygen atoms in total. The molecule has 13 heteroatoms. The SMILES string of the molecule is CC(C)(SC1COC(/C=C/C=C/C2CCC(C(F)(F)F)CC2)OC1)C(O)(Cn1cncn1)C1CCC(C(F)(F)F)CC1. The fourth-order valence-corrected chi connectivity index (χ4v) is 8.05. The molecular formula is C29H41F6N3O3S. The number of alkyl halides is 6. The Morgan fingerprint density at radius 1 is 0.833 bits per heavy atom. The van der Waals surface area contributed by atoms with E-state index < -0.39 is 40.8 Å². The molecule has 3 aliphatic rings. The van der Waals surface area contributed by atoms with Gasteiger partial charge in [-0.05, 0) is 83.1 Å². The third-order valence-corrected chi connectivity index (χ3v) is 10.7. The van der Waals surface area contributed by atoms with Gasteiger partial charge in [0, 0.05) is 4.75 Å². The van der Waals surface area contributed by atoms with Crippen molar-refractivity contribution in [1.82, 2.24) is 14.8 Å². The number of hydrogen-bond acceptors (Lipinski definition) is 6. The summed E-state index contributed by atoms with van der Waals surface area (Å²) in [5.74, 6) is -2.76. The highest BCUT2D eigenvalue weighted by Crippen LogP contribution is 2.50. The molecule has 42 heavy (non-hydrogen) atoms. The molecule has 0 spiro atoms. The molecular weight excluding hydrogens is 584 g/mol. The minimum atomic E-state index is -4.23. The van der Waals surface area contributed by atoms with Gasteiger partial charge >= 0.3 is 12.4 Å². The molecule has 1 N–H and O–H groups in total. The molecule has 1 unspecified atom stereocenters. The van der Waals surface area contributed by atoms with Gasteiger partial charge in [0.1, 0.15) is 18.3 Å². The lowest BCUT2D eigenvalue weighted by Gasteiger charge is -2.50. The van der Waals surface area contributed by atoms with Crippen LogP contribution in [-0.2, 0) is 16.0 Å². The van der Waals surface area contributed by atoms with Crippen molar-refractivity contribution >= 4 is 11.8 Å². The van der Waals surface area contributed by atoms with Crippen LogP contribution in [0.4, 0.5) is 26.3 Å². The molecule has 1 saturated heterocycles. The van der Waals surface area contributed by atoms with Crippen molar-refractivity contribution in [3.63, 3.8) is 0 Å². The molecule has 3 fully saturated rings. The van der Waals surface area contributed by atoms with E-state index in [0.29, 0.717) is 26.1 Å². The molecule has 0 bridgehead atoms. The molecule has 1 aliphatic heterocycles. The summed E-state index contributed by atoms with van der Waals surface area (Å²) < 4.78 is 91.0. The highest BCUT2D eigenvalue weighted by atomic mass is 32.2. The number of nitrogens with zero attached hydrogens (tertiary/aromatic N) is 3. The first-order chi connectivity index (χ1) is 19.7. The molecule has 1 aromatic heterocycles. The third kappa shape index (κ3) is 8.53. The molecule has 2 heterocycles. The van der Waals surface area contributed by atoms with Gasteiger partial charge in [-0.2, -0.15) is 31.4 Å². The summed E-state index contributed by atoms with van der Waals surface area (Å²) in [5.41, 5.74) is -1.36. The average molecular weight is 626 g/mol. The quantitative estimate of drug-likeness (QED) is 0.233. The predicted molar refractivity (Wildman–Crippen MR) is 147 cm³/mol. The van der Waals surface area contributed by atoms with Crippen LogP contribution in [0.1, 0.15) is 65.2 Å². The van der Waals surface area contributed by atoms with Crippen molar-refractivity contribution in [2.75, 3.05) is 13.2 Å². The van der Waals surface area contributed by atoms with Crippen LogP contribution in [0.15, 0.2) is 37.0 Å². The van der Waals surface area contributed by atoms with E-state index in [1.165, 1.54) is 29.1 Å². The molecule has 238 valence electrons. The van der Waals surface area contributed by atoms with Gasteiger partial charge in [-0.25, -0.2) is 4.98 Å². The Morgan fingerprint density at radius 3 is 1.88 bits per heavy atom. The first kappa shape index (κ1) is 33.3. The number of aromatic nitrogens is 3. The fourth-order valence-electron chi connectivity index (χ4n) is 6.48. The van der Waals surface area contributed by atoms with Gasteiger partial charge in [0.25, 0.3) is 0 Å². The number of hydrogen-bond donors (Lipinski definition) is 1. The minimum Gasteiger partial charge on any atom is -0.386 e. The maximum Gasteiger partial charge on any atom is 0.391 e. The Kier molecular flexibility index (Phi) is 10.8. The van der Waals surface area contributed by atoms with Crippen molar-refractivity contribution in [1.29, 1.82) is 0 Å². The Hall–Kier alpha value is -1.57. The van der Waals surface area contributed by atoms with Crippen molar-refractivity contribution < 1.29 is 40.9 Å². The van der Waals surface area contributed by atoms with E-state index in [-0.39, 0.29) is 62.2 Å². The van der Waals surface area contributed by atoms with Crippen LogP contribution < -0.4 is 0 Å². The molecule has 1 aromatic rings. The lowest BCUT2D eigenvalue weighted by molar-refractivity contribution is -0.190. The van der Waals surface area contributed by atoms with Crippen molar-refractivity contribution in [3.8, 4) is 0 Å². The largest absolute Gasteiger partial charge is 0.391 e. The van der Waals surface area contributed by atoms with Crippen LogP contribution in [0.5, 0.6) is 0 Å². The fraction of sp³-hybridized carbons (Fsp3) is 0.793. The predicted octanol–water partition coefficient (Wildman–Crippen LogP) is 7.11. The van der Waals surface area contributed by atoms with Crippen molar-refractivity contribution in [2.45, 2.75) is 106 Å². The number of aliphatic hydroxyl groups is 1. The second kappa shape index (κ2) is 13.6. The maximum absolute atomic E-state index is 13.3. The zero-order valence-corrected chi connectivity index (χ0v) is 24.8. The summed E-state index contributed by atoms with van der Waals surface area (Å²) in [6.07, 6.45) is 3.13. The van der Waals surface area contributed by atoms with Gasteiger partial charge in [-0.3, -0.25) is 4.68 Å². The number of allylic oxidation sites excluding steroid dienone is 3. The van der Waals surface area contributed by atoms with E-state index in [4.69, 9.17) is 9.47 Å². The molecule has 2 saturated carbocycles. The van der Waals surface area contributed by atoms with Gasteiger partial charge in [0.2, 0.25) is 0 Å². The molecule has 4 rings (SSSR count). The van der Waals surface area contributed by atoms with Gasteiger partial charge < -0.3 is 14.6 Å². The Labute approximate surface area is 247 Å². The smallest absolute Gasteiger partial charge is 0.386 e. The lowest BCUT2D eigenvalue weighted by Crippen LogP contribution is -2.58. The molecule has 1 atom stereocenters. The Bertz CT molecular complexity index is 1020. The highest BCUT2D eigenvalue weighted by Gasteiger charge is 2.54. The normalized spacial score (nSPS) is 31.9. The van der Waals surface area contributed by atoms with Crippen LogP contribution >= 0.6 is 11.8 Å². The van der Waals surface area contributed by atoms with E-state index in [9.17, 15) is 31.4 Å². The number of ether oxygens (including phenoxy) is 2. The topological polar surface area (TPSA) is 69.4 Å². The summed E-state index contributed by atoms with van der Waals surface area (Å²) in [7, 11) is 0. The zero-order valence-electron chi connectivity index (χ0n) is 24.0. The summed E-state index contributed by atoms with van der Waals surface area (Å²) >= 11 is 1.50. The van der Waals surface area contributed by atoms with Gasteiger partial charge in [-0.1, -0.05) is 18.2 Å². The van der Waals surface area contributed by atoms with Crippen molar-refractivity contribution in [2.24, 2.45) is 23.7 Å². The van der Waals surface area contributed by atoms with Crippen molar-refractivity contribution in [3.05, 3.63) is 37.0 Å². The number of halogens is 6. The van der Waals surface area contributed by atoms with Crippen LogP contribution in [0.3, 0.4) is 0 Å². The standard InChI is InChI=1S/C29H41F6N3O3S/c1-26(2,27(39,17-38-19-36-18-37-38)21-11-13-23(14-12-21)29(33,34)35)42-24-15-40-25(41-16-24)6-4-3-5-20-7-9-22(10-8-20)28(30,31)32/h3-6,18-25,39H,7-17H2,1-2H3/b5-3+,6-4+. The summed E-state index contributed by atoms with van der Waals surface area (Å²) in [6, 6.07) is 0. The summed E-state index contributed by atoms with van der Waals surface area (Å²) in [5, 5.41) is 16.2. The van der Waals surface area contributed by atoms with E-state index in [1.54, 1.807) is 12.2 Å². The average Bonchev–Trinajstić information content (AvgIpc) is 3.44. The lowest BCUT2D eigenvalue weighted by atomic mass is 9.68. The first-order valence-corrected chi connectivity index (χ1v) is 15.5. The monoisotopic (exact) mass is 625 g/mol. The molecule has 2 aliphatic carbocycles. The summed E-state index contributed by atoms with van der Waals surface area (Å²) in [4.78, 5) is 3.96. The maximum atomic E-state index is 13.3. The highest BCUT2D eigenvalue weighted by molar-refractivity contribution is 8.01. The molecule has 0 radical (unpaired) electrons. The number of thioether (sulfide) groups is 1. The summed E-state index contributed by atoms with van der Waals surface area (Å²) in [6.45, 7) is 4.63. The molecule has 0 aromatic carbocycles. The van der Waals surface area contributed by atoms with Gasteiger partial charge in [0.15, 0.2) is 6.29 Å². The van der Waals surface area contributed by atoms with E-state index in [1.807, 2.05) is 26.0 Å². The zero-order chi connectivity index (χ0) is 30.6. The third-order valence-electron chi connectivity index (χ3n) is 9.13. The van der Waals surface area contributed by atoms with Gasteiger partial charge in [-0.15, -0.1) is 11.8 Å². The van der Waals surface area contributed by atoms with Crippen LogP contribution in [0.25, 0.3) is 0 Å². The van der Waals surface area contributed by atoms with Crippen LogP contribution in [0, 0.1) is 23.7 Å². The van der Waals surface area contributed by atoms with E-state index >= 15 is 0 Å². The second-order valence-corrected chi connectivity index (χ2v) is 14.2. The van der Waals surface area contributed by atoms with Crippen LogP contribution in [0.2, 0.25) is 0 Å². The first-order valence-electron chi connectivity index (χ1n) is 14.6. The van der Waals surface area contributed by atoms with Gasteiger partial charge in [0.05, 0.1) is 36.8 Å². The Balaban J connectivity index is 1.29. The van der Waals surface area contributed by atoms with Crippen LogP contribution in [-0.4, -0.2) is 67.3 Å².